The van der Waals surface area contributed by atoms with Gasteiger partial charge in [0.1, 0.15) is 28.5 Å². The van der Waals surface area contributed by atoms with Gasteiger partial charge in [0.05, 0.1) is 34.5 Å². The molecule has 4 heterocycles. The van der Waals surface area contributed by atoms with E-state index in [0.29, 0.717) is 0 Å². The van der Waals surface area contributed by atoms with E-state index in [1.54, 1.807) is 0 Å². The van der Waals surface area contributed by atoms with E-state index >= 15 is 0 Å². The Morgan fingerprint density at radius 3 is 2.24 bits per heavy atom. The minimum Gasteiger partial charge on any atom is -0.457 e. The maximum Gasteiger partial charge on any atom is 0.145 e. The van der Waals surface area contributed by atoms with E-state index in [1.807, 2.05) is 24.4 Å². The normalized spacial score (nSPS) is 13.6. The van der Waals surface area contributed by atoms with E-state index < -0.39 is 0 Å². The molecule has 0 aliphatic carbocycles. The zero-order valence-electron chi connectivity index (χ0n) is 29.4. The fourth-order valence-electron chi connectivity index (χ4n) is 7.44. The number of para-hydroxylation sites is 3. The largest absolute Gasteiger partial charge is 0.457 e. The third-order valence-electron chi connectivity index (χ3n) is 10.0. The predicted molar refractivity (Wildman–Crippen MR) is 207 cm³/mol. The highest BCUT2D eigenvalue weighted by molar-refractivity contribution is 6.23. The fourth-order valence-corrected chi connectivity index (χ4v) is 7.44. The van der Waals surface area contributed by atoms with Crippen LogP contribution in [0.2, 0.25) is 0 Å². The van der Waals surface area contributed by atoms with Crippen molar-refractivity contribution >= 4 is 60.8 Å². The topological polar surface area (TPSA) is 46.7 Å². The van der Waals surface area contributed by atoms with Crippen molar-refractivity contribution in [2.45, 2.75) is 52.5 Å². The molecule has 0 spiro atoms. The van der Waals surface area contributed by atoms with Gasteiger partial charge < -0.3 is 19.0 Å². The Morgan fingerprint density at radius 1 is 0.660 bits per heavy atom. The number of ether oxygens (including phenoxy) is 1. The van der Waals surface area contributed by atoms with Crippen molar-refractivity contribution in [1.29, 1.82) is 0 Å². The summed E-state index contributed by atoms with van der Waals surface area (Å²) in [4.78, 5) is 9.72. The molecule has 0 radical (unpaired) electrons. The number of nitrogens with zero attached hydrogens (tertiary/aromatic N) is 4. The van der Waals surface area contributed by atoms with Gasteiger partial charge in [0.25, 0.3) is 0 Å². The van der Waals surface area contributed by atoms with E-state index in [-0.39, 0.29) is 11.0 Å². The van der Waals surface area contributed by atoms with E-state index in [4.69, 9.17) is 14.1 Å². The Balaban J connectivity index is 1.18. The second kappa shape index (κ2) is 10.9. The molecule has 50 heavy (non-hydrogen) atoms. The molecule has 0 amide bonds. The monoisotopic (exact) mass is 656 g/mol. The molecule has 1 aliphatic rings. The summed E-state index contributed by atoms with van der Waals surface area (Å²) in [6, 6.07) is 40.3. The molecular weight excluding hydrogens is 617 g/mol. The van der Waals surface area contributed by atoms with Gasteiger partial charge in [0.15, 0.2) is 0 Å². The van der Waals surface area contributed by atoms with E-state index in [0.717, 1.165) is 73.4 Å². The first-order valence-corrected chi connectivity index (χ1v) is 17.3. The predicted octanol–water partition coefficient (Wildman–Crippen LogP) is 11.9. The van der Waals surface area contributed by atoms with E-state index in [1.165, 1.54) is 16.9 Å². The van der Waals surface area contributed by atoms with E-state index in [9.17, 15) is 0 Å². The van der Waals surface area contributed by atoms with Crippen molar-refractivity contribution in [3.05, 3.63) is 127 Å². The number of pyridine rings is 1. The number of hydrogen-bond donors (Lipinski definition) is 0. The summed E-state index contributed by atoms with van der Waals surface area (Å²) < 4.78 is 15.5. The molecule has 0 bridgehead atoms. The van der Waals surface area contributed by atoms with Crippen molar-refractivity contribution in [3.63, 3.8) is 0 Å². The van der Waals surface area contributed by atoms with Crippen molar-refractivity contribution in [1.82, 2.24) is 9.55 Å². The van der Waals surface area contributed by atoms with Crippen LogP contribution >= 0.6 is 0 Å². The molecule has 0 saturated carbocycles. The number of benzene rings is 5. The van der Waals surface area contributed by atoms with Crippen LogP contribution in [0.25, 0.3) is 49.6 Å². The average molecular weight is 657 g/mol. The number of hydrogen-bond acceptors (Lipinski definition) is 5. The summed E-state index contributed by atoms with van der Waals surface area (Å²) in [6.07, 6.45) is 1.91. The number of aromatic nitrogens is 2. The van der Waals surface area contributed by atoms with Crippen LogP contribution in [-0.2, 0) is 5.41 Å². The van der Waals surface area contributed by atoms with Gasteiger partial charge in [-0.05, 0) is 98.5 Å². The van der Waals surface area contributed by atoms with Crippen LogP contribution in [0, 0.1) is 0 Å². The number of rotatable bonds is 4. The van der Waals surface area contributed by atoms with Crippen LogP contribution in [0.1, 0.15) is 47.1 Å². The number of fused-ring (bicyclic) bond motifs is 8. The SMILES string of the molecule is CC(C)(C)c1ccnc(-n2c3cc(Oc4cccc(N5CN(C(C)(C)C)c6ccccc65)c4)ccc3c3c4oc5ccccc5c4ccc32)c1. The summed E-state index contributed by atoms with van der Waals surface area (Å²) in [7, 11) is 0. The molecule has 6 nitrogen and oxygen atoms in total. The van der Waals surface area contributed by atoms with Gasteiger partial charge in [0.2, 0.25) is 0 Å². The molecule has 0 fully saturated rings. The zero-order valence-corrected chi connectivity index (χ0v) is 29.4. The number of furan rings is 1. The van der Waals surface area contributed by atoms with Crippen LogP contribution in [0.4, 0.5) is 17.1 Å². The highest BCUT2D eigenvalue weighted by atomic mass is 16.5. The van der Waals surface area contributed by atoms with Crippen molar-refractivity contribution in [2.24, 2.45) is 0 Å². The third kappa shape index (κ3) is 4.81. The summed E-state index contributed by atoms with van der Waals surface area (Å²) in [5.74, 6) is 2.40. The molecule has 0 N–H and O–H groups in total. The van der Waals surface area contributed by atoms with Crippen LogP contribution in [-0.4, -0.2) is 21.8 Å². The van der Waals surface area contributed by atoms with Gasteiger partial charge in [-0.15, -0.1) is 0 Å². The Labute approximate surface area is 292 Å². The second-order valence-electron chi connectivity index (χ2n) is 15.4. The van der Waals surface area contributed by atoms with Gasteiger partial charge in [-0.25, -0.2) is 4.98 Å². The number of anilines is 3. The Bertz CT molecular complexity index is 2600. The molecule has 248 valence electrons. The molecule has 6 heteroatoms. The Morgan fingerprint density at radius 2 is 1.42 bits per heavy atom. The lowest BCUT2D eigenvalue weighted by Gasteiger charge is -2.34. The van der Waals surface area contributed by atoms with Crippen LogP contribution < -0.4 is 14.5 Å². The van der Waals surface area contributed by atoms with Gasteiger partial charge in [-0.1, -0.05) is 57.2 Å². The summed E-state index contributed by atoms with van der Waals surface area (Å²) in [5.41, 5.74) is 8.54. The fraction of sp³-hybridized carbons (Fsp3) is 0.205. The van der Waals surface area contributed by atoms with Crippen LogP contribution in [0.5, 0.6) is 11.5 Å². The van der Waals surface area contributed by atoms with Crippen LogP contribution in [0.15, 0.2) is 126 Å². The molecule has 9 rings (SSSR count). The lowest BCUT2D eigenvalue weighted by molar-refractivity contribution is 0.483. The molecule has 3 aromatic heterocycles. The smallest absolute Gasteiger partial charge is 0.145 e. The van der Waals surface area contributed by atoms with Gasteiger partial charge in [-0.3, -0.25) is 4.57 Å². The minimum atomic E-state index is -0.0263. The average Bonchev–Trinajstić information content (AvgIpc) is 3.78. The van der Waals surface area contributed by atoms with Crippen molar-refractivity contribution in [3.8, 4) is 17.3 Å². The molecule has 0 saturated heterocycles. The second-order valence-corrected chi connectivity index (χ2v) is 15.4. The van der Waals surface area contributed by atoms with Crippen LogP contribution in [0.3, 0.4) is 0 Å². The molecule has 0 atom stereocenters. The Hall–Kier alpha value is -5.75. The first-order valence-electron chi connectivity index (χ1n) is 17.3. The summed E-state index contributed by atoms with van der Waals surface area (Å²) in [5, 5.41) is 4.38. The maximum atomic E-state index is 6.67. The van der Waals surface area contributed by atoms with E-state index in [2.05, 4.69) is 153 Å². The molecule has 8 aromatic rings. The highest BCUT2D eigenvalue weighted by Gasteiger charge is 2.33. The Kier molecular flexibility index (Phi) is 6.60. The first kappa shape index (κ1) is 30.3. The first-order chi connectivity index (χ1) is 24.0. The third-order valence-corrected chi connectivity index (χ3v) is 10.0. The van der Waals surface area contributed by atoms with Crippen molar-refractivity contribution in [2.75, 3.05) is 16.5 Å². The highest BCUT2D eigenvalue weighted by Crippen LogP contribution is 2.45. The molecular formula is C44H40N4O2. The molecule has 1 aliphatic heterocycles. The quantitative estimate of drug-likeness (QED) is 0.189. The van der Waals surface area contributed by atoms with Crippen molar-refractivity contribution < 1.29 is 9.15 Å². The summed E-state index contributed by atoms with van der Waals surface area (Å²) >= 11 is 0. The zero-order chi connectivity index (χ0) is 34.4. The van der Waals surface area contributed by atoms with Gasteiger partial charge in [-0.2, -0.15) is 0 Å². The molecule has 5 aromatic carbocycles. The summed E-state index contributed by atoms with van der Waals surface area (Å²) in [6.45, 7) is 14.3. The van der Waals surface area contributed by atoms with Gasteiger partial charge >= 0.3 is 0 Å². The van der Waals surface area contributed by atoms with Gasteiger partial charge in [0, 0.05) is 45.7 Å². The lowest BCUT2D eigenvalue weighted by Crippen LogP contribution is -2.42. The standard InChI is InChI=1S/C44H40N4O2/c1-43(2,3)28-22-23-45-40(24-28)48-37-21-20-33-32-14-7-10-17-39(32)50-42(33)41(37)34-19-18-31(26-38(34)48)49-30-13-11-12-29(25-30)46-27-47(44(4,5)6)36-16-9-8-15-35(36)46/h7-26H,27H2,1-6H3. The maximum absolute atomic E-state index is 6.67. The minimum absolute atomic E-state index is 0.0119. The molecule has 0 unspecified atom stereocenters. The lowest BCUT2D eigenvalue weighted by atomic mass is 9.88.